The van der Waals surface area contributed by atoms with Crippen LogP contribution in [0.25, 0.3) is 0 Å². The zero-order valence-corrected chi connectivity index (χ0v) is 12.8. The van der Waals surface area contributed by atoms with Gasteiger partial charge in [-0.05, 0) is 36.8 Å². The molecule has 0 atom stereocenters. The van der Waals surface area contributed by atoms with Crippen molar-refractivity contribution in [3.05, 3.63) is 60.2 Å². The molecule has 2 aromatic carbocycles. The standard InChI is InChI=1S/C18H19NO3/c1-3-22-18(20)13-17(14-7-5-4-6-8-14)19-15-9-11-16(21-2)12-10-15/h4-12H,3,13H2,1-2H3. The molecule has 0 spiro atoms. The van der Waals surface area contributed by atoms with Crippen LogP contribution in [-0.4, -0.2) is 25.4 Å². The Morgan fingerprint density at radius 2 is 1.73 bits per heavy atom. The number of nitrogens with zero attached hydrogens (tertiary/aromatic N) is 1. The third-order valence-electron chi connectivity index (χ3n) is 3.06. The van der Waals surface area contributed by atoms with Crippen molar-refractivity contribution in [3.8, 4) is 5.75 Å². The first-order chi connectivity index (χ1) is 10.7. The summed E-state index contributed by atoms with van der Waals surface area (Å²) in [6.45, 7) is 2.16. The molecule has 4 heteroatoms. The van der Waals surface area contributed by atoms with E-state index in [9.17, 15) is 4.79 Å². The van der Waals surface area contributed by atoms with E-state index < -0.39 is 0 Å². The monoisotopic (exact) mass is 297 g/mol. The van der Waals surface area contributed by atoms with Crippen molar-refractivity contribution in [1.29, 1.82) is 0 Å². The first-order valence-corrected chi connectivity index (χ1v) is 7.15. The Hall–Kier alpha value is -2.62. The summed E-state index contributed by atoms with van der Waals surface area (Å²) in [5, 5.41) is 0. The van der Waals surface area contributed by atoms with E-state index >= 15 is 0 Å². The van der Waals surface area contributed by atoms with Crippen molar-refractivity contribution >= 4 is 17.4 Å². The number of hydrogen-bond donors (Lipinski definition) is 0. The van der Waals surface area contributed by atoms with Crippen molar-refractivity contribution in [2.24, 2.45) is 4.99 Å². The van der Waals surface area contributed by atoms with Crippen molar-refractivity contribution in [2.75, 3.05) is 13.7 Å². The lowest BCUT2D eigenvalue weighted by Gasteiger charge is -2.07. The highest BCUT2D eigenvalue weighted by molar-refractivity contribution is 6.10. The van der Waals surface area contributed by atoms with E-state index in [1.807, 2.05) is 54.6 Å². The van der Waals surface area contributed by atoms with Gasteiger partial charge in [-0.1, -0.05) is 30.3 Å². The summed E-state index contributed by atoms with van der Waals surface area (Å²) in [6, 6.07) is 17.0. The second-order valence-electron chi connectivity index (χ2n) is 4.60. The zero-order valence-electron chi connectivity index (χ0n) is 12.8. The average molecular weight is 297 g/mol. The molecule has 0 fully saturated rings. The molecular formula is C18H19NO3. The van der Waals surface area contributed by atoms with Crippen LogP contribution in [0, 0.1) is 0 Å². The van der Waals surface area contributed by atoms with E-state index in [2.05, 4.69) is 4.99 Å². The lowest BCUT2D eigenvalue weighted by molar-refractivity contribution is -0.141. The quantitative estimate of drug-likeness (QED) is 0.602. The normalized spacial score (nSPS) is 11.1. The van der Waals surface area contributed by atoms with Crippen LogP contribution in [0.5, 0.6) is 5.75 Å². The Bertz CT molecular complexity index is 633. The van der Waals surface area contributed by atoms with E-state index in [0.29, 0.717) is 12.3 Å². The van der Waals surface area contributed by atoms with E-state index in [4.69, 9.17) is 9.47 Å². The summed E-state index contributed by atoms with van der Waals surface area (Å²) in [7, 11) is 1.62. The molecular weight excluding hydrogens is 278 g/mol. The van der Waals surface area contributed by atoms with E-state index in [0.717, 1.165) is 17.0 Å². The Balaban J connectivity index is 2.29. The van der Waals surface area contributed by atoms with Crippen molar-refractivity contribution in [2.45, 2.75) is 13.3 Å². The van der Waals surface area contributed by atoms with Crippen molar-refractivity contribution in [1.82, 2.24) is 0 Å². The van der Waals surface area contributed by atoms with Crippen LogP contribution < -0.4 is 4.74 Å². The Kier molecular flexibility index (Phi) is 5.72. The molecule has 0 N–H and O–H groups in total. The minimum atomic E-state index is -0.279. The maximum Gasteiger partial charge on any atom is 0.311 e. The highest BCUT2D eigenvalue weighted by atomic mass is 16.5. The van der Waals surface area contributed by atoms with E-state index in [1.165, 1.54) is 0 Å². The fourth-order valence-corrected chi connectivity index (χ4v) is 2.00. The third-order valence-corrected chi connectivity index (χ3v) is 3.06. The zero-order chi connectivity index (χ0) is 15.8. The van der Waals surface area contributed by atoms with Crippen LogP contribution in [0.15, 0.2) is 59.6 Å². The summed E-state index contributed by atoms with van der Waals surface area (Å²) in [5.74, 6) is 0.490. The number of aliphatic imine (C=N–C) groups is 1. The number of benzene rings is 2. The summed E-state index contributed by atoms with van der Waals surface area (Å²) in [4.78, 5) is 16.4. The number of methoxy groups -OCH3 is 1. The largest absolute Gasteiger partial charge is 0.497 e. The fraction of sp³-hybridized carbons (Fsp3) is 0.222. The smallest absolute Gasteiger partial charge is 0.311 e. The van der Waals surface area contributed by atoms with Crippen LogP contribution in [0.4, 0.5) is 5.69 Å². The van der Waals surface area contributed by atoms with Gasteiger partial charge < -0.3 is 9.47 Å². The third kappa shape index (κ3) is 4.45. The molecule has 114 valence electrons. The molecule has 0 saturated carbocycles. The van der Waals surface area contributed by atoms with E-state index in [1.54, 1.807) is 14.0 Å². The van der Waals surface area contributed by atoms with Crippen LogP contribution in [0.1, 0.15) is 18.9 Å². The Labute approximate surface area is 130 Å². The van der Waals surface area contributed by atoms with E-state index in [-0.39, 0.29) is 12.4 Å². The van der Waals surface area contributed by atoms with Gasteiger partial charge in [0.25, 0.3) is 0 Å². The van der Waals surface area contributed by atoms with Crippen LogP contribution in [-0.2, 0) is 9.53 Å². The molecule has 0 aromatic heterocycles. The molecule has 0 amide bonds. The predicted octanol–water partition coefficient (Wildman–Crippen LogP) is 3.77. The van der Waals surface area contributed by atoms with Gasteiger partial charge in [0.2, 0.25) is 0 Å². The van der Waals surface area contributed by atoms with Crippen LogP contribution in [0.3, 0.4) is 0 Å². The van der Waals surface area contributed by atoms with Crippen LogP contribution in [0.2, 0.25) is 0 Å². The maximum absolute atomic E-state index is 11.8. The lowest BCUT2D eigenvalue weighted by atomic mass is 10.1. The number of esters is 1. The van der Waals surface area contributed by atoms with Gasteiger partial charge >= 0.3 is 5.97 Å². The second-order valence-corrected chi connectivity index (χ2v) is 4.60. The van der Waals surface area contributed by atoms with Gasteiger partial charge in [0.15, 0.2) is 0 Å². The van der Waals surface area contributed by atoms with Gasteiger partial charge in [-0.25, -0.2) is 0 Å². The molecule has 0 aliphatic heterocycles. The van der Waals surface area contributed by atoms with Gasteiger partial charge in [0.1, 0.15) is 5.75 Å². The van der Waals surface area contributed by atoms with Crippen LogP contribution >= 0.6 is 0 Å². The van der Waals surface area contributed by atoms with Gasteiger partial charge in [0.05, 0.1) is 31.5 Å². The number of ether oxygens (including phenoxy) is 2. The molecule has 0 radical (unpaired) electrons. The highest BCUT2D eigenvalue weighted by Crippen LogP contribution is 2.20. The molecule has 4 nitrogen and oxygen atoms in total. The molecule has 0 saturated heterocycles. The van der Waals surface area contributed by atoms with Gasteiger partial charge in [0, 0.05) is 0 Å². The molecule has 2 rings (SSSR count). The topological polar surface area (TPSA) is 47.9 Å². The maximum atomic E-state index is 11.8. The predicted molar refractivity (Wildman–Crippen MR) is 86.9 cm³/mol. The summed E-state index contributed by atoms with van der Waals surface area (Å²) >= 11 is 0. The number of rotatable bonds is 6. The summed E-state index contributed by atoms with van der Waals surface area (Å²) < 4.78 is 10.2. The van der Waals surface area contributed by atoms with Crippen molar-refractivity contribution in [3.63, 3.8) is 0 Å². The molecule has 0 unspecified atom stereocenters. The molecule has 0 aliphatic rings. The number of hydrogen-bond acceptors (Lipinski definition) is 4. The summed E-state index contributed by atoms with van der Waals surface area (Å²) in [5.41, 5.74) is 2.36. The molecule has 0 heterocycles. The average Bonchev–Trinajstić information content (AvgIpc) is 2.56. The first-order valence-electron chi connectivity index (χ1n) is 7.15. The SMILES string of the molecule is CCOC(=O)CC(=Nc1ccc(OC)cc1)c1ccccc1. The minimum absolute atomic E-state index is 0.143. The summed E-state index contributed by atoms with van der Waals surface area (Å²) in [6.07, 6.45) is 0.143. The molecule has 0 bridgehead atoms. The number of carbonyl (C=O) groups is 1. The lowest BCUT2D eigenvalue weighted by Crippen LogP contribution is -2.12. The molecule has 22 heavy (non-hydrogen) atoms. The van der Waals surface area contributed by atoms with Gasteiger partial charge in [-0.3, -0.25) is 9.79 Å². The minimum Gasteiger partial charge on any atom is -0.497 e. The fourth-order valence-electron chi connectivity index (χ4n) is 2.00. The first kappa shape index (κ1) is 15.8. The second kappa shape index (κ2) is 7.98. The Morgan fingerprint density at radius 1 is 1.05 bits per heavy atom. The Morgan fingerprint density at radius 3 is 2.32 bits per heavy atom. The molecule has 2 aromatic rings. The van der Waals surface area contributed by atoms with Crippen molar-refractivity contribution < 1.29 is 14.3 Å². The number of carbonyl (C=O) groups excluding carboxylic acids is 1. The van der Waals surface area contributed by atoms with Gasteiger partial charge in [-0.15, -0.1) is 0 Å². The highest BCUT2D eigenvalue weighted by Gasteiger charge is 2.11. The molecule has 0 aliphatic carbocycles. The van der Waals surface area contributed by atoms with Gasteiger partial charge in [-0.2, -0.15) is 0 Å².